The van der Waals surface area contributed by atoms with Crippen LogP contribution in [0.2, 0.25) is 0 Å². The van der Waals surface area contributed by atoms with Crippen molar-refractivity contribution in [3.8, 4) is 0 Å². The quantitative estimate of drug-likeness (QED) is 0.544. The van der Waals surface area contributed by atoms with Gasteiger partial charge in [-0.15, -0.1) is 0 Å². The Kier molecular flexibility index (Phi) is 7.90. The number of likely N-dealkylation sites (tertiary alicyclic amines) is 2. The number of piperazine rings is 1. The molecule has 0 radical (unpaired) electrons. The van der Waals surface area contributed by atoms with Crippen molar-refractivity contribution in [1.82, 2.24) is 24.9 Å². The normalized spacial score (nSPS) is 26.6. The maximum absolute atomic E-state index is 13.0. The molecular formula is C21H39F3N6. The number of piperidine rings is 2. The monoisotopic (exact) mass is 432 g/mol. The standard InChI is InChI=1S/C21H39F3N6/c1-18(21(22,23)24)28-13-15-29(16-14-28)19(25-2)26-17-20(7-11-27(3)12-8-20)30-9-5-4-6-10-30/h18H,4-17H2,1-3H3,(H,25,26). The number of halogens is 3. The first-order valence-corrected chi connectivity index (χ1v) is 11.5. The van der Waals surface area contributed by atoms with Gasteiger partial charge in [0.05, 0.1) is 0 Å². The third kappa shape index (κ3) is 5.59. The fourth-order valence-electron chi connectivity index (χ4n) is 5.11. The maximum atomic E-state index is 13.0. The third-order valence-electron chi connectivity index (χ3n) is 7.37. The van der Waals surface area contributed by atoms with Crippen molar-refractivity contribution in [2.24, 2.45) is 4.99 Å². The minimum Gasteiger partial charge on any atom is -0.354 e. The molecule has 30 heavy (non-hydrogen) atoms. The van der Waals surface area contributed by atoms with Crippen LogP contribution in [0.5, 0.6) is 0 Å². The van der Waals surface area contributed by atoms with Gasteiger partial charge in [-0.3, -0.25) is 14.8 Å². The van der Waals surface area contributed by atoms with E-state index in [9.17, 15) is 13.2 Å². The van der Waals surface area contributed by atoms with E-state index in [-0.39, 0.29) is 5.54 Å². The molecule has 3 aliphatic rings. The second kappa shape index (κ2) is 10.0. The summed E-state index contributed by atoms with van der Waals surface area (Å²) in [5, 5.41) is 3.61. The van der Waals surface area contributed by atoms with Crippen LogP contribution in [0.4, 0.5) is 13.2 Å². The average molecular weight is 433 g/mol. The molecule has 9 heteroatoms. The molecule has 174 valence electrons. The predicted octanol–water partition coefficient (Wildman–Crippen LogP) is 2.08. The van der Waals surface area contributed by atoms with E-state index in [1.54, 1.807) is 7.05 Å². The number of hydrogen-bond donors (Lipinski definition) is 1. The minimum atomic E-state index is -4.17. The molecule has 1 N–H and O–H groups in total. The molecule has 1 unspecified atom stereocenters. The molecule has 3 rings (SSSR count). The topological polar surface area (TPSA) is 37.4 Å². The molecule has 0 aliphatic carbocycles. The van der Waals surface area contributed by atoms with Gasteiger partial charge in [-0.1, -0.05) is 6.42 Å². The van der Waals surface area contributed by atoms with Crippen LogP contribution in [0.1, 0.15) is 39.0 Å². The number of rotatable bonds is 4. The van der Waals surface area contributed by atoms with Crippen LogP contribution in [0, 0.1) is 0 Å². The number of aliphatic imine (C=N–C) groups is 1. The summed E-state index contributed by atoms with van der Waals surface area (Å²) in [7, 11) is 3.96. The third-order valence-corrected chi connectivity index (χ3v) is 7.37. The van der Waals surface area contributed by atoms with Gasteiger partial charge < -0.3 is 15.1 Å². The van der Waals surface area contributed by atoms with Gasteiger partial charge in [-0.2, -0.15) is 13.2 Å². The van der Waals surface area contributed by atoms with Crippen molar-refractivity contribution in [3.63, 3.8) is 0 Å². The molecule has 3 aliphatic heterocycles. The highest BCUT2D eigenvalue weighted by Gasteiger charge is 2.42. The van der Waals surface area contributed by atoms with Gasteiger partial charge in [0.2, 0.25) is 0 Å². The number of nitrogens with one attached hydrogen (secondary N) is 1. The van der Waals surface area contributed by atoms with E-state index in [4.69, 9.17) is 0 Å². The SMILES string of the molecule is CN=C(NCC1(N2CCCCC2)CCN(C)CC1)N1CCN(C(C)C(F)(F)F)CC1. The van der Waals surface area contributed by atoms with E-state index >= 15 is 0 Å². The Morgan fingerprint density at radius 2 is 1.57 bits per heavy atom. The predicted molar refractivity (Wildman–Crippen MR) is 115 cm³/mol. The molecule has 0 amide bonds. The molecule has 0 bridgehead atoms. The second-order valence-corrected chi connectivity index (χ2v) is 9.22. The first kappa shape index (κ1) is 23.6. The Bertz CT molecular complexity index is 560. The van der Waals surface area contributed by atoms with Crippen LogP contribution < -0.4 is 5.32 Å². The fraction of sp³-hybridized carbons (Fsp3) is 0.952. The largest absolute Gasteiger partial charge is 0.403 e. The van der Waals surface area contributed by atoms with E-state index in [0.29, 0.717) is 26.2 Å². The fourth-order valence-corrected chi connectivity index (χ4v) is 5.11. The first-order chi connectivity index (χ1) is 14.2. The Hall–Kier alpha value is -1.06. The summed E-state index contributed by atoms with van der Waals surface area (Å²) in [6, 6.07) is -1.39. The molecule has 0 aromatic heterocycles. The Morgan fingerprint density at radius 1 is 0.967 bits per heavy atom. The average Bonchev–Trinajstić information content (AvgIpc) is 2.75. The molecule has 1 atom stereocenters. The number of hydrogen-bond acceptors (Lipinski definition) is 4. The lowest BCUT2D eigenvalue weighted by molar-refractivity contribution is -0.181. The number of nitrogens with zero attached hydrogens (tertiary/aromatic N) is 5. The summed E-state index contributed by atoms with van der Waals surface area (Å²) >= 11 is 0. The van der Waals surface area contributed by atoms with Gasteiger partial charge >= 0.3 is 6.18 Å². The molecule has 3 heterocycles. The van der Waals surface area contributed by atoms with Crippen LogP contribution in [0.3, 0.4) is 0 Å². The van der Waals surface area contributed by atoms with Gasteiger partial charge in [-0.05, 0) is 65.8 Å². The lowest BCUT2D eigenvalue weighted by atomic mass is 9.84. The lowest BCUT2D eigenvalue weighted by Gasteiger charge is -2.50. The van der Waals surface area contributed by atoms with Gasteiger partial charge in [-0.25, -0.2) is 0 Å². The molecule has 6 nitrogen and oxygen atoms in total. The van der Waals surface area contributed by atoms with E-state index in [1.165, 1.54) is 31.1 Å². The Labute approximate surface area is 179 Å². The van der Waals surface area contributed by atoms with Gasteiger partial charge in [0.15, 0.2) is 5.96 Å². The molecule has 0 aromatic rings. The van der Waals surface area contributed by atoms with E-state index in [2.05, 4.69) is 32.1 Å². The molecular weight excluding hydrogens is 393 g/mol. The van der Waals surface area contributed by atoms with Crippen LogP contribution in [0.25, 0.3) is 0 Å². The zero-order chi connectivity index (χ0) is 21.8. The van der Waals surface area contributed by atoms with Crippen molar-refractivity contribution >= 4 is 5.96 Å². The zero-order valence-corrected chi connectivity index (χ0v) is 18.8. The summed E-state index contributed by atoms with van der Waals surface area (Å²) in [5.41, 5.74) is 0.148. The Morgan fingerprint density at radius 3 is 2.10 bits per heavy atom. The van der Waals surface area contributed by atoms with Gasteiger partial charge in [0.25, 0.3) is 0 Å². The second-order valence-electron chi connectivity index (χ2n) is 9.22. The summed E-state index contributed by atoms with van der Waals surface area (Å²) in [4.78, 5) is 13.2. The van der Waals surface area contributed by atoms with Crippen LogP contribution in [-0.4, -0.2) is 116 Å². The van der Waals surface area contributed by atoms with Gasteiger partial charge in [0, 0.05) is 45.3 Å². The van der Waals surface area contributed by atoms with Crippen molar-refractivity contribution in [2.75, 3.05) is 73.0 Å². The summed E-state index contributed by atoms with van der Waals surface area (Å²) in [6.07, 6.45) is 1.98. The zero-order valence-electron chi connectivity index (χ0n) is 18.8. The summed E-state index contributed by atoms with van der Waals surface area (Å²) in [5.74, 6) is 0.824. The highest BCUT2D eigenvalue weighted by Crippen LogP contribution is 2.31. The Balaban J connectivity index is 1.58. The summed E-state index contributed by atoms with van der Waals surface area (Å²) in [6.45, 7) is 8.59. The highest BCUT2D eigenvalue weighted by molar-refractivity contribution is 5.80. The molecule has 3 saturated heterocycles. The first-order valence-electron chi connectivity index (χ1n) is 11.5. The number of guanidine groups is 1. The van der Waals surface area contributed by atoms with E-state index in [0.717, 1.165) is 51.5 Å². The van der Waals surface area contributed by atoms with Crippen molar-refractivity contribution in [1.29, 1.82) is 0 Å². The van der Waals surface area contributed by atoms with Crippen molar-refractivity contribution < 1.29 is 13.2 Å². The molecule has 0 spiro atoms. The smallest absolute Gasteiger partial charge is 0.354 e. The number of alkyl halides is 3. The van der Waals surface area contributed by atoms with Crippen LogP contribution in [0.15, 0.2) is 4.99 Å². The molecule has 0 saturated carbocycles. The van der Waals surface area contributed by atoms with E-state index in [1.807, 2.05) is 0 Å². The maximum Gasteiger partial charge on any atom is 0.403 e. The molecule has 0 aromatic carbocycles. The summed E-state index contributed by atoms with van der Waals surface area (Å²) < 4.78 is 39.1. The van der Waals surface area contributed by atoms with Gasteiger partial charge in [0.1, 0.15) is 6.04 Å². The molecule has 3 fully saturated rings. The van der Waals surface area contributed by atoms with E-state index < -0.39 is 12.2 Å². The van der Waals surface area contributed by atoms with Crippen LogP contribution in [-0.2, 0) is 0 Å². The van der Waals surface area contributed by atoms with Crippen LogP contribution >= 0.6 is 0 Å². The van der Waals surface area contributed by atoms with Crippen molar-refractivity contribution in [2.45, 2.75) is 56.8 Å². The highest BCUT2D eigenvalue weighted by atomic mass is 19.4. The van der Waals surface area contributed by atoms with Crippen molar-refractivity contribution in [3.05, 3.63) is 0 Å². The minimum absolute atomic E-state index is 0.148. The lowest BCUT2D eigenvalue weighted by Crippen LogP contribution is -2.63.